The average molecular weight is 391 g/mol. The summed E-state index contributed by atoms with van der Waals surface area (Å²) in [7, 11) is 0. The minimum atomic E-state index is -0.0923. The standard InChI is InChI=1S/C19H17N7OS/c27-17(22-19-21-16(13-28-19)15-9-4-5-11-20-15)10-6-12-26-24-18(23-25-26)14-7-2-1-3-8-14/h1-5,7-9,11,13H,6,10,12H2,(H,21,22,27). The Bertz CT molecular complexity index is 1050. The van der Waals surface area contributed by atoms with E-state index in [1.807, 2.05) is 53.9 Å². The van der Waals surface area contributed by atoms with Crippen LogP contribution in [0.4, 0.5) is 5.13 Å². The summed E-state index contributed by atoms with van der Waals surface area (Å²) in [5.74, 6) is 0.486. The van der Waals surface area contributed by atoms with Crippen molar-refractivity contribution in [3.63, 3.8) is 0 Å². The largest absolute Gasteiger partial charge is 0.302 e. The molecule has 9 heteroatoms. The Morgan fingerprint density at radius 2 is 1.93 bits per heavy atom. The second-order valence-corrected chi connectivity index (χ2v) is 6.84. The normalized spacial score (nSPS) is 10.7. The van der Waals surface area contributed by atoms with Gasteiger partial charge in [-0.1, -0.05) is 36.4 Å². The number of benzene rings is 1. The van der Waals surface area contributed by atoms with Gasteiger partial charge in [0.2, 0.25) is 11.7 Å². The number of aryl methyl sites for hydroxylation is 1. The molecule has 4 rings (SSSR count). The number of carbonyl (C=O) groups is 1. The van der Waals surface area contributed by atoms with Crippen molar-refractivity contribution in [2.24, 2.45) is 0 Å². The number of hydrogen-bond donors (Lipinski definition) is 1. The Balaban J connectivity index is 1.26. The summed E-state index contributed by atoms with van der Waals surface area (Å²) in [4.78, 5) is 22.3. The van der Waals surface area contributed by atoms with E-state index in [0.717, 1.165) is 17.0 Å². The van der Waals surface area contributed by atoms with Crippen molar-refractivity contribution >= 4 is 22.4 Å². The molecule has 0 spiro atoms. The number of nitrogens with zero attached hydrogens (tertiary/aromatic N) is 6. The third-order valence-electron chi connectivity index (χ3n) is 3.92. The average Bonchev–Trinajstić information content (AvgIpc) is 3.39. The van der Waals surface area contributed by atoms with E-state index in [0.29, 0.717) is 30.3 Å². The molecule has 0 saturated carbocycles. The molecule has 1 amide bonds. The molecule has 8 nitrogen and oxygen atoms in total. The van der Waals surface area contributed by atoms with E-state index >= 15 is 0 Å². The van der Waals surface area contributed by atoms with Crippen LogP contribution in [0, 0.1) is 0 Å². The molecule has 1 N–H and O–H groups in total. The number of thiazole rings is 1. The summed E-state index contributed by atoms with van der Waals surface area (Å²) in [6.07, 6.45) is 2.67. The Morgan fingerprint density at radius 3 is 2.75 bits per heavy atom. The van der Waals surface area contributed by atoms with E-state index in [2.05, 4.69) is 30.7 Å². The van der Waals surface area contributed by atoms with Gasteiger partial charge in [0.1, 0.15) is 5.69 Å². The van der Waals surface area contributed by atoms with Crippen LogP contribution in [-0.4, -0.2) is 36.1 Å². The van der Waals surface area contributed by atoms with Crippen LogP contribution in [0.2, 0.25) is 0 Å². The molecule has 0 bridgehead atoms. The highest BCUT2D eigenvalue weighted by Gasteiger charge is 2.10. The van der Waals surface area contributed by atoms with Crippen LogP contribution >= 0.6 is 11.3 Å². The van der Waals surface area contributed by atoms with Crippen molar-refractivity contribution in [3.8, 4) is 22.8 Å². The fraction of sp³-hybridized carbons (Fsp3) is 0.158. The third-order valence-corrected chi connectivity index (χ3v) is 4.68. The summed E-state index contributed by atoms with van der Waals surface area (Å²) in [6, 6.07) is 15.3. The molecule has 28 heavy (non-hydrogen) atoms. The second-order valence-electron chi connectivity index (χ2n) is 5.98. The summed E-state index contributed by atoms with van der Waals surface area (Å²) < 4.78 is 0. The minimum Gasteiger partial charge on any atom is -0.302 e. The molecule has 0 atom stereocenters. The van der Waals surface area contributed by atoms with Gasteiger partial charge >= 0.3 is 0 Å². The van der Waals surface area contributed by atoms with Crippen molar-refractivity contribution in [3.05, 3.63) is 60.1 Å². The molecule has 140 valence electrons. The molecule has 3 heterocycles. The highest BCUT2D eigenvalue weighted by Crippen LogP contribution is 2.23. The quantitative estimate of drug-likeness (QED) is 0.519. The fourth-order valence-electron chi connectivity index (χ4n) is 2.57. The van der Waals surface area contributed by atoms with Gasteiger partial charge in [0.05, 0.1) is 12.2 Å². The molecule has 0 aliphatic carbocycles. The molecule has 0 saturated heterocycles. The Kier molecular flexibility index (Phi) is 5.43. The van der Waals surface area contributed by atoms with Crippen LogP contribution in [0.1, 0.15) is 12.8 Å². The molecule has 0 unspecified atom stereocenters. The number of pyridine rings is 1. The maximum atomic E-state index is 12.1. The van der Waals surface area contributed by atoms with Crippen LogP contribution in [0.3, 0.4) is 0 Å². The molecule has 4 aromatic rings. The Labute approximate surface area is 165 Å². The molecular formula is C19H17N7OS. The van der Waals surface area contributed by atoms with Gasteiger partial charge in [0, 0.05) is 23.6 Å². The molecule has 3 aromatic heterocycles. The zero-order valence-electron chi connectivity index (χ0n) is 14.9. The number of tetrazole rings is 1. The maximum Gasteiger partial charge on any atom is 0.226 e. The van der Waals surface area contributed by atoms with Gasteiger partial charge in [-0.15, -0.1) is 21.5 Å². The van der Waals surface area contributed by atoms with Gasteiger partial charge in [0.25, 0.3) is 0 Å². The molecule has 1 aromatic carbocycles. The predicted octanol–water partition coefficient (Wildman–Crippen LogP) is 3.28. The lowest BCUT2D eigenvalue weighted by atomic mass is 10.2. The Hall–Kier alpha value is -3.46. The predicted molar refractivity (Wildman–Crippen MR) is 106 cm³/mol. The number of hydrogen-bond acceptors (Lipinski definition) is 7. The lowest BCUT2D eigenvalue weighted by Crippen LogP contribution is -2.13. The number of aromatic nitrogens is 6. The van der Waals surface area contributed by atoms with Crippen LogP contribution in [-0.2, 0) is 11.3 Å². The molecular weight excluding hydrogens is 374 g/mol. The van der Waals surface area contributed by atoms with Gasteiger partial charge in [-0.3, -0.25) is 9.78 Å². The maximum absolute atomic E-state index is 12.1. The van der Waals surface area contributed by atoms with Crippen molar-refractivity contribution in [1.82, 2.24) is 30.2 Å². The highest BCUT2D eigenvalue weighted by molar-refractivity contribution is 7.14. The number of rotatable bonds is 7. The van der Waals surface area contributed by atoms with Gasteiger partial charge in [0.15, 0.2) is 5.13 Å². The zero-order valence-corrected chi connectivity index (χ0v) is 15.7. The third kappa shape index (κ3) is 4.44. The number of anilines is 1. The summed E-state index contributed by atoms with van der Waals surface area (Å²) in [5.41, 5.74) is 2.45. The highest BCUT2D eigenvalue weighted by atomic mass is 32.1. The number of amides is 1. The van der Waals surface area contributed by atoms with Gasteiger partial charge < -0.3 is 5.32 Å². The van der Waals surface area contributed by atoms with Crippen LogP contribution < -0.4 is 5.32 Å². The first kappa shape index (κ1) is 17.9. The number of nitrogens with one attached hydrogen (secondary N) is 1. The molecule has 0 aliphatic rings. The minimum absolute atomic E-state index is 0.0923. The molecule has 0 aliphatic heterocycles. The van der Waals surface area contributed by atoms with E-state index in [-0.39, 0.29) is 5.91 Å². The van der Waals surface area contributed by atoms with E-state index < -0.39 is 0 Å². The Morgan fingerprint density at radius 1 is 1.07 bits per heavy atom. The van der Waals surface area contributed by atoms with E-state index in [4.69, 9.17) is 0 Å². The van der Waals surface area contributed by atoms with Crippen LogP contribution in [0.5, 0.6) is 0 Å². The SMILES string of the molecule is O=C(CCCn1nnc(-c2ccccc2)n1)Nc1nc(-c2ccccn2)cs1. The topological polar surface area (TPSA) is 98.5 Å². The van der Waals surface area contributed by atoms with Crippen molar-refractivity contribution in [1.29, 1.82) is 0 Å². The van der Waals surface area contributed by atoms with E-state index in [1.165, 1.54) is 16.1 Å². The smallest absolute Gasteiger partial charge is 0.226 e. The van der Waals surface area contributed by atoms with Crippen molar-refractivity contribution in [2.75, 3.05) is 5.32 Å². The first-order valence-corrected chi connectivity index (χ1v) is 9.66. The summed E-state index contributed by atoms with van der Waals surface area (Å²) in [6.45, 7) is 0.518. The zero-order chi connectivity index (χ0) is 19.2. The van der Waals surface area contributed by atoms with Gasteiger partial charge in [-0.2, -0.15) is 4.80 Å². The van der Waals surface area contributed by atoms with Crippen molar-refractivity contribution in [2.45, 2.75) is 19.4 Å². The molecule has 0 fully saturated rings. The lowest BCUT2D eigenvalue weighted by Gasteiger charge is -2.01. The monoisotopic (exact) mass is 391 g/mol. The van der Waals surface area contributed by atoms with Gasteiger partial charge in [-0.25, -0.2) is 4.98 Å². The molecule has 0 radical (unpaired) electrons. The second kappa shape index (κ2) is 8.49. The fourth-order valence-corrected chi connectivity index (χ4v) is 3.29. The van der Waals surface area contributed by atoms with Crippen LogP contribution in [0.15, 0.2) is 60.1 Å². The summed E-state index contributed by atoms with van der Waals surface area (Å²) >= 11 is 1.38. The number of carbonyl (C=O) groups excluding carboxylic acids is 1. The van der Waals surface area contributed by atoms with Crippen molar-refractivity contribution < 1.29 is 4.79 Å². The van der Waals surface area contributed by atoms with Gasteiger partial charge in [-0.05, 0) is 23.8 Å². The first-order valence-electron chi connectivity index (χ1n) is 8.78. The van der Waals surface area contributed by atoms with E-state index in [1.54, 1.807) is 6.20 Å². The van der Waals surface area contributed by atoms with Crippen LogP contribution in [0.25, 0.3) is 22.8 Å². The lowest BCUT2D eigenvalue weighted by molar-refractivity contribution is -0.116. The van der Waals surface area contributed by atoms with E-state index in [9.17, 15) is 4.79 Å². The first-order chi connectivity index (χ1) is 13.8. The summed E-state index contributed by atoms with van der Waals surface area (Å²) in [5, 5.41) is 17.7.